The molecule has 46 heavy (non-hydrogen) atoms. The molecule has 1 aliphatic rings. The maximum Gasteiger partial charge on any atom is 0.412 e. The van der Waals surface area contributed by atoms with E-state index in [2.05, 4.69) is 37.7 Å². The van der Waals surface area contributed by atoms with Crippen LogP contribution in [0.3, 0.4) is 0 Å². The number of likely N-dealkylation sites (tertiary alicyclic amines) is 1. The lowest BCUT2D eigenvalue weighted by Gasteiger charge is -2.33. The van der Waals surface area contributed by atoms with E-state index in [1.54, 1.807) is 26.8 Å². The van der Waals surface area contributed by atoms with Crippen molar-refractivity contribution in [1.82, 2.24) is 19.6 Å². The highest BCUT2D eigenvalue weighted by atomic mass is 32.2. The molecule has 4 rings (SSSR count). The Morgan fingerprint density at radius 3 is 2.46 bits per heavy atom. The summed E-state index contributed by atoms with van der Waals surface area (Å²) in [6.45, 7) is 6.49. The number of fused-ring (bicyclic) bond motifs is 1. The third-order valence-corrected chi connectivity index (χ3v) is 8.28. The number of alkyl halides is 3. The van der Waals surface area contributed by atoms with Gasteiger partial charge in [0.25, 0.3) is 0 Å². The first-order valence-electron chi connectivity index (χ1n) is 14.6. The Balaban J connectivity index is 1.65. The van der Waals surface area contributed by atoms with Crippen LogP contribution in [0.1, 0.15) is 50.9 Å². The number of hydrogen-bond acceptors (Lipinski definition) is 9. The van der Waals surface area contributed by atoms with Gasteiger partial charge in [-0.15, -0.1) is 0 Å². The Bertz CT molecular complexity index is 1730. The van der Waals surface area contributed by atoms with E-state index in [-0.39, 0.29) is 40.1 Å². The SMILES string of the molecule is COc1cc(S(C)(=O)=O)ccc1NCC#Cc1cn2cc(NC(=O)OC(C)(C)C)cc(C(NC3CCN(C)CC3)C(F)(F)F)c2n1. The van der Waals surface area contributed by atoms with Gasteiger partial charge in [0.05, 0.1) is 29.9 Å². The van der Waals surface area contributed by atoms with Crippen molar-refractivity contribution in [3.8, 4) is 17.6 Å². The molecule has 15 heteroatoms. The number of carbonyl (C=O) groups excluding carboxylic acids is 1. The third kappa shape index (κ3) is 9.27. The molecule has 0 spiro atoms. The zero-order valence-corrected chi connectivity index (χ0v) is 27.4. The number of amides is 1. The Hall–Kier alpha value is -4.00. The zero-order chi connectivity index (χ0) is 33.9. The van der Waals surface area contributed by atoms with Crippen molar-refractivity contribution in [3.63, 3.8) is 0 Å². The van der Waals surface area contributed by atoms with Crippen molar-refractivity contribution >= 4 is 33.0 Å². The Morgan fingerprint density at radius 1 is 1.15 bits per heavy atom. The van der Waals surface area contributed by atoms with Crippen LogP contribution in [-0.4, -0.2) is 86.7 Å². The molecule has 1 unspecified atom stereocenters. The maximum atomic E-state index is 14.6. The number of halogens is 3. The molecule has 0 saturated carbocycles. The zero-order valence-electron chi connectivity index (χ0n) is 26.6. The predicted molar refractivity (Wildman–Crippen MR) is 169 cm³/mol. The molecule has 1 saturated heterocycles. The number of aromatic nitrogens is 2. The topological polar surface area (TPSA) is 126 Å². The van der Waals surface area contributed by atoms with Gasteiger partial charge in [-0.05, 0) is 77.9 Å². The number of anilines is 2. The molecule has 0 aliphatic carbocycles. The molecular weight excluding hydrogens is 625 g/mol. The van der Waals surface area contributed by atoms with E-state index in [4.69, 9.17) is 9.47 Å². The minimum Gasteiger partial charge on any atom is -0.495 e. The van der Waals surface area contributed by atoms with Gasteiger partial charge in [-0.3, -0.25) is 10.6 Å². The van der Waals surface area contributed by atoms with Crippen LogP contribution in [0.25, 0.3) is 5.65 Å². The lowest BCUT2D eigenvalue weighted by molar-refractivity contribution is -0.160. The minimum absolute atomic E-state index is 0.0350. The van der Waals surface area contributed by atoms with Gasteiger partial charge in [-0.25, -0.2) is 18.2 Å². The van der Waals surface area contributed by atoms with Gasteiger partial charge in [-0.2, -0.15) is 13.2 Å². The second-order valence-electron chi connectivity index (χ2n) is 12.2. The standard InChI is InChI=1S/C31H39F3N6O5S/c1-30(2,3)45-29(41)38-22-16-24(27(31(32,33)34)36-20-11-14-39(4)15-12-20)28-37-21(18-40(28)19-22)8-7-13-35-25-10-9-23(46(6,42)43)17-26(25)44-5/h9-10,16-20,27,35-36H,11-15H2,1-6H3,(H,38,41). The average molecular weight is 665 g/mol. The number of methoxy groups -OCH3 is 1. The van der Waals surface area contributed by atoms with Crippen molar-refractivity contribution < 1.29 is 35.9 Å². The maximum absolute atomic E-state index is 14.6. The number of nitrogens with zero attached hydrogens (tertiary/aromatic N) is 3. The lowest BCUT2D eigenvalue weighted by atomic mass is 10.0. The average Bonchev–Trinajstić information content (AvgIpc) is 3.35. The van der Waals surface area contributed by atoms with E-state index in [0.29, 0.717) is 37.4 Å². The normalized spacial score (nSPS) is 15.6. The molecule has 11 nitrogen and oxygen atoms in total. The number of ether oxygens (including phenoxy) is 2. The van der Waals surface area contributed by atoms with Gasteiger partial charge < -0.3 is 24.1 Å². The summed E-state index contributed by atoms with van der Waals surface area (Å²) in [6, 6.07) is 3.23. The smallest absolute Gasteiger partial charge is 0.412 e. The van der Waals surface area contributed by atoms with Crippen LogP contribution in [0.15, 0.2) is 41.6 Å². The summed E-state index contributed by atoms with van der Waals surface area (Å²) >= 11 is 0. The molecule has 0 radical (unpaired) electrons. The van der Waals surface area contributed by atoms with E-state index in [1.165, 1.54) is 42.1 Å². The first-order chi connectivity index (χ1) is 21.4. The molecule has 3 N–H and O–H groups in total. The van der Waals surface area contributed by atoms with Gasteiger partial charge >= 0.3 is 12.3 Å². The molecule has 1 aliphatic heterocycles. The quantitative estimate of drug-likeness (QED) is 0.290. The summed E-state index contributed by atoms with van der Waals surface area (Å²) in [7, 11) is -0.0854. The molecule has 1 amide bonds. The molecule has 0 bridgehead atoms. The molecule has 3 heterocycles. The van der Waals surface area contributed by atoms with Gasteiger partial charge in [-0.1, -0.05) is 5.92 Å². The number of rotatable bonds is 8. The van der Waals surface area contributed by atoms with Crippen LogP contribution in [0.2, 0.25) is 0 Å². The second-order valence-corrected chi connectivity index (χ2v) is 14.2. The fourth-order valence-electron chi connectivity index (χ4n) is 4.98. The van der Waals surface area contributed by atoms with Crippen molar-refractivity contribution in [2.45, 2.75) is 62.4 Å². The fraction of sp³-hybridized carbons (Fsp3) is 0.484. The van der Waals surface area contributed by atoms with Gasteiger partial charge in [0, 0.05) is 36.3 Å². The first kappa shape index (κ1) is 34.9. The van der Waals surface area contributed by atoms with Crippen LogP contribution in [-0.2, 0) is 14.6 Å². The number of nitrogens with one attached hydrogen (secondary N) is 3. The molecular formula is C31H39F3N6O5S. The van der Waals surface area contributed by atoms with Crippen LogP contribution in [0, 0.1) is 11.8 Å². The number of benzene rings is 1. The van der Waals surface area contributed by atoms with E-state index in [0.717, 1.165) is 6.26 Å². The number of imidazole rings is 1. The Labute approximate surface area is 266 Å². The van der Waals surface area contributed by atoms with Crippen LogP contribution >= 0.6 is 0 Å². The van der Waals surface area contributed by atoms with Gasteiger partial charge in [0.1, 0.15) is 28.7 Å². The molecule has 1 fully saturated rings. The highest BCUT2D eigenvalue weighted by molar-refractivity contribution is 7.90. The van der Waals surface area contributed by atoms with Crippen LogP contribution in [0.4, 0.5) is 29.3 Å². The minimum atomic E-state index is -4.66. The monoisotopic (exact) mass is 664 g/mol. The first-order valence-corrected chi connectivity index (χ1v) is 16.5. The number of piperidine rings is 1. The molecule has 250 valence electrons. The van der Waals surface area contributed by atoms with Crippen LogP contribution < -0.4 is 20.7 Å². The number of hydrogen-bond donors (Lipinski definition) is 3. The van der Waals surface area contributed by atoms with Gasteiger partial charge in [0.15, 0.2) is 9.84 Å². The summed E-state index contributed by atoms with van der Waals surface area (Å²) in [5.41, 5.74) is -0.134. The van der Waals surface area contributed by atoms with Gasteiger partial charge in [0.2, 0.25) is 0 Å². The number of carbonyl (C=O) groups is 1. The molecule has 1 atom stereocenters. The van der Waals surface area contributed by atoms with Crippen molar-refractivity contribution in [3.05, 3.63) is 47.9 Å². The summed E-state index contributed by atoms with van der Waals surface area (Å²) in [5.74, 6) is 6.05. The van der Waals surface area contributed by atoms with Crippen molar-refractivity contribution in [2.75, 3.05) is 50.7 Å². The number of pyridine rings is 1. The van der Waals surface area contributed by atoms with Crippen molar-refractivity contribution in [1.29, 1.82) is 0 Å². The molecule has 3 aromatic rings. The highest BCUT2D eigenvalue weighted by Crippen LogP contribution is 2.37. The van der Waals surface area contributed by atoms with E-state index in [9.17, 15) is 26.4 Å². The summed E-state index contributed by atoms with van der Waals surface area (Å²) < 4.78 is 79.7. The van der Waals surface area contributed by atoms with E-state index < -0.39 is 33.7 Å². The van der Waals surface area contributed by atoms with Crippen LogP contribution in [0.5, 0.6) is 5.75 Å². The fourth-order valence-corrected chi connectivity index (χ4v) is 5.62. The Morgan fingerprint density at radius 2 is 1.85 bits per heavy atom. The van der Waals surface area contributed by atoms with Crippen molar-refractivity contribution in [2.24, 2.45) is 0 Å². The lowest BCUT2D eigenvalue weighted by Crippen LogP contribution is -2.46. The van der Waals surface area contributed by atoms with E-state index >= 15 is 0 Å². The molecule has 1 aromatic carbocycles. The molecule has 2 aromatic heterocycles. The number of sulfone groups is 1. The predicted octanol–water partition coefficient (Wildman–Crippen LogP) is 4.84. The summed E-state index contributed by atoms with van der Waals surface area (Å²) in [6.07, 6.45) is -0.339. The summed E-state index contributed by atoms with van der Waals surface area (Å²) in [5, 5.41) is 8.39. The largest absolute Gasteiger partial charge is 0.495 e. The highest BCUT2D eigenvalue weighted by Gasteiger charge is 2.43. The second kappa shape index (κ2) is 13.8. The summed E-state index contributed by atoms with van der Waals surface area (Å²) in [4.78, 5) is 19.1. The third-order valence-electron chi connectivity index (χ3n) is 7.17. The van der Waals surface area contributed by atoms with E-state index in [1.807, 2.05) is 7.05 Å². The Kier molecular flexibility index (Phi) is 10.4.